The van der Waals surface area contributed by atoms with Gasteiger partial charge in [-0.3, -0.25) is 0 Å². The van der Waals surface area contributed by atoms with Gasteiger partial charge in [0.15, 0.2) is 0 Å². The van der Waals surface area contributed by atoms with Crippen LogP contribution in [0.4, 0.5) is 5.82 Å². The maximum atomic E-state index is 9.78. The van der Waals surface area contributed by atoms with Crippen LogP contribution in [0.15, 0.2) is 42.6 Å². The van der Waals surface area contributed by atoms with Crippen molar-refractivity contribution in [2.75, 3.05) is 18.4 Å². The third kappa shape index (κ3) is 2.87. The van der Waals surface area contributed by atoms with Crippen molar-refractivity contribution in [3.8, 4) is 16.9 Å². The summed E-state index contributed by atoms with van der Waals surface area (Å²) in [7, 11) is 0. The van der Waals surface area contributed by atoms with Gasteiger partial charge in [-0.25, -0.2) is 4.98 Å². The van der Waals surface area contributed by atoms with Gasteiger partial charge in [0.1, 0.15) is 17.2 Å². The standard InChI is InChI=1S/C18H20N4O/c23-14-3-1-2-12(10-14)16-11-17(21-13-4-7-19-8-5-13)22-18-15(16)6-9-20-18/h1-3,6,9-11,13,19,23H,4-5,7-8H2,(H2,20,21,22). The maximum Gasteiger partial charge on any atom is 0.140 e. The van der Waals surface area contributed by atoms with Gasteiger partial charge in [0, 0.05) is 17.6 Å². The van der Waals surface area contributed by atoms with E-state index in [1.54, 1.807) is 12.1 Å². The smallest absolute Gasteiger partial charge is 0.140 e. The number of anilines is 1. The van der Waals surface area contributed by atoms with Crippen molar-refractivity contribution in [2.24, 2.45) is 0 Å². The van der Waals surface area contributed by atoms with Gasteiger partial charge < -0.3 is 20.7 Å². The maximum absolute atomic E-state index is 9.78. The van der Waals surface area contributed by atoms with Gasteiger partial charge in [0.05, 0.1) is 0 Å². The third-order valence-electron chi connectivity index (χ3n) is 4.38. The summed E-state index contributed by atoms with van der Waals surface area (Å²) in [5.41, 5.74) is 2.93. The average molecular weight is 308 g/mol. The normalized spacial score (nSPS) is 15.8. The van der Waals surface area contributed by atoms with E-state index in [4.69, 9.17) is 0 Å². The minimum absolute atomic E-state index is 0.274. The van der Waals surface area contributed by atoms with Crippen LogP contribution in [0.2, 0.25) is 0 Å². The van der Waals surface area contributed by atoms with Crippen molar-refractivity contribution in [3.63, 3.8) is 0 Å². The first kappa shape index (κ1) is 14.1. The SMILES string of the molecule is Oc1cccc(-c2cc(NC3CCNCC3)nc3[nH]ccc23)c1. The molecule has 3 heterocycles. The number of rotatable bonds is 3. The lowest BCUT2D eigenvalue weighted by Gasteiger charge is -2.24. The number of hydrogen-bond acceptors (Lipinski definition) is 4. The quantitative estimate of drug-likeness (QED) is 0.600. The Labute approximate surface area is 134 Å². The van der Waals surface area contributed by atoms with E-state index in [-0.39, 0.29) is 5.75 Å². The van der Waals surface area contributed by atoms with E-state index < -0.39 is 0 Å². The zero-order valence-corrected chi connectivity index (χ0v) is 12.8. The predicted octanol–water partition coefficient (Wildman–Crippen LogP) is 3.10. The number of benzene rings is 1. The van der Waals surface area contributed by atoms with Crippen molar-refractivity contribution < 1.29 is 5.11 Å². The van der Waals surface area contributed by atoms with E-state index in [0.29, 0.717) is 6.04 Å². The molecular formula is C18H20N4O. The highest BCUT2D eigenvalue weighted by Crippen LogP contribution is 2.31. The lowest BCUT2D eigenvalue weighted by Crippen LogP contribution is -2.35. The predicted molar refractivity (Wildman–Crippen MR) is 92.7 cm³/mol. The highest BCUT2D eigenvalue weighted by Gasteiger charge is 2.15. The van der Waals surface area contributed by atoms with Crippen LogP contribution in [0.1, 0.15) is 12.8 Å². The molecule has 5 nitrogen and oxygen atoms in total. The van der Waals surface area contributed by atoms with Crippen molar-refractivity contribution in [2.45, 2.75) is 18.9 Å². The molecule has 0 bridgehead atoms. The second kappa shape index (κ2) is 5.93. The van der Waals surface area contributed by atoms with Crippen LogP contribution in [0, 0.1) is 0 Å². The monoisotopic (exact) mass is 308 g/mol. The Balaban J connectivity index is 1.75. The van der Waals surface area contributed by atoms with Gasteiger partial charge in [-0.1, -0.05) is 12.1 Å². The Morgan fingerprint density at radius 1 is 1.13 bits per heavy atom. The van der Waals surface area contributed by atoms with Crippen molar-refractivity contribution in [1.82, 2.24) is 15.3 Å². The number of aromatic nitrogens is 2. The molecule has 0 atom stereocenters. The first-order chi connectivity index (χ1) is 11.3. The van der Waals surface area contributed by atoms with Gasteiger partial charge in [-0.2, -0.15) is 0 Å². The number of fused-ring (bicyclic) bond motifs is 1. The van der Waals surface area contributed by atoms with E-state index >= 15 is 0 Å². The van der Waals surface area contributed by atoms with Crippen LogP contribution in [0.5, 0.6) is 5.75 Å². The summed E-state index contributed by atoms with van der Waals surface area (Å²) < 4.78 is 0. The molecule has 5 heteroatoms. The molecule has 4 N–H and O–H groups in total. The van der Waals surface area contributed by atoms with Crippen LogP contribution >= 0.6 is 0 Å². The van der Waals surface area contributed by atoms with Gasteiger partial charge >= 0.3 is 0 Å². The second-order valence-corrected chi connectivity index (χ2v) is 6.01. The Morgan fingerprint density at radius 3 is 2.83 bits per heavy atom. The zero-order chi connectivity index (χ0) is 15.6. The summed E-state index contributed by atoms with van der Waals surface area (Å²) in [5.74, 6) is 1.15. The first-order valence-electron chi connectivity index (χ1n) is 8.04. The molecular weight excluding hydrogens is 288 g/mol. The Hall–Kier alpha value is -2.53. The molecule has 0 spiro atoms. The lowest BCUT2D eigenvalue weighted by atomic mass is 10.0. The Bertz CT molecular complexity index is 821. The highest BCUT2D eigenvalue weighted by molar-refractivity contribution is 5.94. The van der Waals surface area contributed by atoms with E-state index in [1.807, 2.05) is 24.4 Å². The molecule has 0 amide bonds. The third-order valence-corrected chi connectivity index (χ3v) is 4.38. The summed E-state index contributed by atoms with van der Waals surface area (Å²) in [6.07, 6.45) is 4.11. The van der Waals surface area contributed by atoms with Gasteiger partial charge in [0.25, 0.3) is 0 Å². The molecule has 4 rings (SSSR count). The molecule has 0 aliphatic carbocycles. The molecule has 1 saturated heterocycles. The first-order valence-corrected chi connectivity index (χ1v) is 8.04. The Kier molecular flexibility index (Phi) is 3.63. The second-order valence-electron chi connectivity index (χ2n) is 6.01. The fraction of sp³-hybridized carbons (Fsp3) is 0.278. The Morgan fingerprint density at radius 2 is 2.00 bits per heavy atom. The molecule has 1 aliphatic rings. The summed E-state index contributed by atoms with van der Waals surface area (Å²) in [6.45, 7) is 2.09. The van der Waals surface area contributed by atoms with Crippen LogP contribution < -0.4 is 10.6 Å². The minimum atomic E-state index is 0.274. The van der Waals surface area contributed by atoms with E-state index in [9.17, 15) is 5.11 Å². The zero-order valence-electron chi connectivity index (χ0n) is 12.8. The van der Waals surface area contributed by atoms with E-state index in [0.717, 1.165) is 53.9 Å². The van der Waals surface area contributed by atoms with Gasteiger partial charge in [0.2, 0.25) is 0 Å². The van der Waals surface area contributed by atoms with Crippen LogP contribution in [0.3, 0.4) is 0 Å². The molecule has 0 radical (unpaired) electrons. The number of aromatic hydroxyl groups is 1. The number of nitrogens with zero attached hydrogens (tertiary/aromatic N) is 1. The number of nitrogens with one attached hydrogen (secondary N) is 3. The highest BCUT2D eigenvalue weighted by atomic mass is 16.3. The van der Waals surface area contributed by atoms with E-state index in [1.165, 1.54) is 0 Å². The number of hydrogen-bond donors (Lipinski definition) is 4. The summed E-state index contributed by atoms with van der Waals surface area (Å²) >= 11 is 0. The van der Waals surface area contributed by atoms with Crippen molar-refractivity contribution in [1.29, 1.82) is 0 Å². The molecule has 3 aromatic rings. The lowest BCUT2D eigenvalue weighted by molar-refractivity contribution is 0.475. The van der Waals surface area contributed by atoms with Crippen LogP contribution in [0.25, 0.3) is 22.2 Å². The molecule has 23 heavy (non-hydrogen) atoms. The fourth-order valence-corrected chi connectivity index (χ4v) is 3.20. The van der Waals surface area contributed by atoms with Gasteiger partial charge in [-0.15, -0.1) is 0 Å². The molecule has 118 valence electrons. The minimum Gasteiger partial charge on any atom is -0.508 e. The number of pyridine rings is 1. The molecule has 0 saturated carbocycles. The van der Waals surface area contributed by atoms with Gasteiger partial charge in [-0.05, 0) is 61.3 Å². The van der Waals surface area contributed by atoms with Crippen molar-refractivity contribution >= 4 is 16.9 Å². The molecule has 0 unspecified atom stereocenters. The number of phenols is 1. The van der Waals surface area contributed by atoms with Crippen molar-refractivity contribution in [3.05, 3.63) is 42.6 Å². The molecule has 1 aromatic carbocycles. The summed E-state index contributed by atoms with van der Waals surface area (Å²) in [4.78, 5) is 7.88. The fourth-order valence-electron chi connectivity index (χ4n) is 3.20. The number of piperidine rings is 1. The number of phenolic OH excluding ortho intramolecular Hbond substituents is 1. The van der Waals surface area contributed by atoms with Crippen LogP contribution in [-0.2, 0) is 0 Å². The largest absolute Gasteiger partial charge is 0.508 e. The molecule has 2 aromatic heterocycles. The number of H-pyrrole nitrogens is 1. The topological polar surface area (TPSA) is 73.0 Å². The molecule has 1 fully saturated rings. The van der Waals surface area contributed by atoms with E-state index in [2.05, 4.69) is 26.7 Å². The van der Waals surface area contributed by atoms with Crippen LogP contribution in [-0.4, -0.2) is 34.2 Å². The average Bonchev–Trinajstić information content (AvgIpc) is 3.03. The summed E-state index contributed by atoms with van der Waals surface area (Å²) in [6, 6.07) is 11.9. The summed E-state index contributed by atoms with van der Waals surface area (Å²) in [5, 5.41) is 17.8. The molecule has 1 aliphatic heterocycles. The number of aromatic amines is 1.